The number of aromatic amines is 1. The van der Waals surface area contributed by atoms with Gasteiger partial charge in [0.05, 0.1) is 16.6 Å². The average Bonchev–Trinajstić information content (AvgIpc) is 3.74. The third-order valence-corrected chi connectivity index (χ3v) is 11.2. The van der Waals surface area contributed by atoms with Gasteiger partial charge in [-0.25, -0.2) is 12.8 Å². The number of nitrogens with one attached hydrogen (secondary N) is 2. The Kier molecular flexibility index (Phi) is 6.94. The van der Waals surface area contributed by atoms with Gasteiger partial charge in [0.1, 0.15) is 11.3 Å². The third kappa shape index (κ3) is 4.96. The van der Waals surface area contributed by atoms with Gasteiger partial charge in [0, 0.05) is 88.3 Å². The van der Waals surface area contributed by atoms with Gasteiger partial charge in [0.15, 0.2) is 11.6 Å². The highest BCUT2D eigenvalue weighted by atomic mass is 32.2. The Labute approximate surface area is 249 Å². The topological polar surface area (TPSA) is 103 Å². The summed E-state index contributed by atoms with van der Waals surface area (Å²) >= 11 is 0. The molecule has 0 radical (unpaired) electrons. The van der Waals surface area contributed by atoms with Crippen molar-refractivity contribution in [2.45, 2.75) is 24.1 Å². The summed E-state index contributed by atoms with van der Waals surface area (Å²) in [6, 6.07) is 12.4. The Hall–Kier alpha value is -3.87. The first-order valence-electron chi connectivity index (χ1n) is 14.7. The number of rotatable bonds is 8. The summed E-state index contributed by atoms with van der Waals surface area (Å²) in [6.45, 7) is 5.46. The number of piperazine rings is 1. The summed E-state index contributed by atoms with van der Waals surface area (Å²) in [5.74, 6) is -0.0244. The summed E-state index contributed by atoms with van der Waals surface area (Å²) in [6.07, 6.45) is 4.68. The lowest BCUT2D eigenvalue weighted by molar-refractivity contribution is 0.147. The van der Waals surface area contributed by atoms with E-state index in [4.69, 9.17) is 4.74 Å². The fourth-order valence-electron chi connectivity index (χ4n) is 6.10. The van der Waals surface area contributed by atoms with E-state index in [1.54, 1.807) is 69.0 Å². The van der Waals surface area contributed by atoms with Crippen molar-refractivity contribution in [3.63, 3.8) is 0 Å². The van der Waals surface area contributed by atoms with Gasteiger partial charge in [0.2, 0.25) is 10.0 Å². The number of sulfonamides is 1. The van der Waals surface area contributed by atoms with Crippen molar-refractivity contribution in [1.82, 2.24) is 19.8 Å². The molecule has 226 valence electrons. The number of pyridine rings is 1. The number of hydrogen-bond donors (Lipinski definition) is 2. The van der Waals surface area contributed by atoms with Crippen molar-refractivity contribution in [3.05, 3.63) is 71.0 Å². The molecule has 4 aromatic rings. The van der Waals surface area contributed by atoms with Gasteiger partial charge in [0.25, 0.3) is 5.56 Å². The van der Waals surface area contributed by atoms with Gasteiger partial charge >= 0.3 is 0 Å². The van der Waals surface area contributed by atoms with Crippen molar-refractivity contribution in [1.29, 1.82) is 0 Å². The van der Waals surface area contributed by atoms with E-state index in [0.717, 1.165) is 39.3 Å². The summed E-state index contributed by atoms with van der Waals surface area (Å²) in [5, 5.41) is 3.65. The van der Waals surface area contributed by atoms with E-state index < -0.39 is 15.8 Å². The fourth-order valence-corrected chi connectivity index (χ4v) is 7.69. The minimum atomic E-state index is -3.51. The Balaban J connectivity index is 1.25. The van der Waals surface area contributed by atoms with Crippen LogP contribution in [0.4, 0.5) is 15.8 Å². The predicted molar refractivity (Wildman–Crippen MR) is 166 cm³/mol. The van der Waals surface area contributed by atoms with Crippen molar-refractivity contribution >= 4 is 32.3 Å². The molecule has 0 amide bonds. The van der Waals surface area contributed by atoms with Gasteiger partial charge in [-0.15, -0.1) is 0 Å². The second kappa shape index (κ2) is 10.7. The Morgan fingerprint density at radius 3 is 2.53 bits per heavy atom. The van der Waals surface area contributed by atoms with E-state index in [-0.39, 0.29) is 16.6 Å². The molecule has 0 bridgehead atoms. The number of anilines is 2. The van der Waals surface area contributed by atoms with Crippen molar-refractivity contribution in [2.24, 2.45) is 7.05 Å². The molecular weight excluding hydrogens is 571 g/mol. The summed E-state index contributed by atoms with van der Waals surface area (Å²) < 4.78 is 51.2. The van der Waals surface area contributed by atoms with Gasteiger partial charge < -0.3 is 24.5 Å². The molecule has 2 N–H and O–H groups in total. The molecular formula is C31H35FN6O4S. The van der Waals surface area contributed by atoms with E-state index in [0.29, 0.717) is 58.0 Å². The molecule has 43 heavy (non-hydrogen) atoms. The normalized spacial score (nSPS) is 18.2. The Morgan fingerprint density at radius 2 is 1.79 bits per heavy atom. The van der Waals surface area contributed by atoms with Crippen LogP contribution in [-0.2, 0) is 17.1 Å². The first-order chi connectivity index (χ1) is 20.7. The minimum absolute atomic E-state index is 0.0752. The predicted octanol–water partition coefficient (Wildman–Crippen LogP) is 3.49. The smallest absolute Gasteiger partial charge is 0.274 e. The lowest BCUT2D eigenvalue weighted by Crippen LogP contribution is -2.63. The second-order valence-corrected chi connectivity index (χ2v) is 13.9. The van der Waals surface area contributed by atoms with E-state index >= 15 is 4.39 Å². The van der Waals surface area contributed by atoms with Crippen LogP contribution in [0, 0.1) is 5.82 Å². The van der Waals surface area contributed by atoms with Crippen molar-refractivity contribution in [3.8, 4) is 22.6 Å². The molecule has 2 aromatic carbocycles. The van der Waals surface area contributed by atoms with Crippen LogP contribution in [0.15, 0.2) is 59.7 Å². The standard InChI is InChI=1S/C31H35FN6O4S/c1-35-19-25(23-10-11-34-30(23)31(35)39)24-16-20(36(2)43(40,41)22-7-8-22)6-9-27(24)42-28-5-3-4-26(29(28)32)38-17-21(18-38)37-14-12-33-13-15-37/h3-6,9-11,16,19,21-22,33-34H,7-8,12-15,17-18H2,1-2H3. The molecule has 3 fully saturated rings. The molecule has 10 nitrogen and oxygen atoms in total. The number of ether oxygens (including phenoxy) is 1. The maximum atomic E-state index is 16.0. The quantitative estimate of drug-likeness (QED) is 0.317. The molecule has 2 aromatic heterocycles. The lowest BCUT2D eigenvalue weighted by atomic mass is 10.0. The maximum absolute atomic E-state index is 16.0. The molecule has 0 unspecified atom stereocenters. The number of halogens is 1. The molecule has 0 spiro atoms. The molecule has 4 heterocycles. The van der Waals surface area contributed by atoms with E-state index in [1.165, 1.54) is 8.87 Å². The molecule has 12 heteroatoms. The summed E-state index contributed by atoms with van der Waals surface area (Å²) in [5.41, 5.74) is 2.38. The van der Waals surface area contributed by atoms with Gasteiger partial charge in [-0.2, -0.15) is 0 Å². The van der Waals surface area contributed by atoms with Crippen LogP contribution < -0.4 is 24.8 Å². The zero-order valence-corrected chi connectivity index (χ0v) is 25.0. The summed E-state index contributed by atoms with van der Waals surface area (Å²) in [7, 11) is -0.306. The average molecular weight is 607 g/mol. The minimum Gasteiger partial charge on any atom is -0.454 e. The first kappa shape index (κ1) is 27.9. The highest BCUT2D eigenvalue weighted by Gasteiger charge is 2.39. The number of aryl methyl sites for hydroxylation is 1. The highest BCUT2D eigenvalue weighted by Crippen LogP contribution is 2.42. The Morgan fingerprint density at radius 1 is 1.02 bits per heavy atom. The molecule has 7 rings (SSSR count). The first-order valence-corrected chi connectivity index (χ1v) is 16.2. The van der Waals surface area contributed by atoms with Crippen molar-refractivity contribution in [2.75, 3.05) is 55.5 Å². The van der Waals surface area contributed by atoms with Crippen LogP contribution in [-0.4, -0.2) is 80.5 Å². The number of H-pyrrole nitrogens is 1. The number of hydrogen-bond acceptors (Lipinski definition) is 7. The van der Waals surface area contributed by atoms with Crippen LogP contribution in [0.5, 0.6) is 11.5 Å². The molecule has 1 aliphatic carbocycles. The van der Waals surface area contributed by atoms with E-state index in [2.05, 4.69) is 15.2 Å². The fraction of sp³-hybridized carbons (Fsp3) is 0.387. The number of benzene rings is 2. The molecule has 1 saturated carbocycles. The van der Waals surface area contributed by atoms with Gasteiger partial charge in [-0.05, 0) is 49.2 Å². The molecule has 2 saturated heterocycles. The van der Waals surface area contributed by atoms with Crippen LogP contribution in [0.3, 0.4) is 0 Å². The molecule has 0 atom stereocenters. The summed E-state index contributed by atoms with van der Waals surface area (Å²) in [4.78, 5) is 20.3. The number of fused-ring (bicyclic) bond motifs is 1. The molecule has 2 aliphatic heterocycles. The highest BCUT2D eigenvalue weighted by molar-refractivity contribution is 7.93. The maximum Gasteiger partial charge on any atom is 0.274 e. The zero-order chi connectivity index (χ0) is 29.9. The number of nitrogens with zero attached hydrogens (tertiary/aromatic N) is 4. The SMILES string of the molecule is CN(c1ccc(Oc2cccc(N3CC(N4CCNCC4)C3)c2F)c(-c2cn(C)c(=O)c3[nH]ccc23)c1)S(=O)(=O)C1CC1. The van der Waals surface area contributed by atoms with Crippen LogP contribution in [0.25, 0.3) is 22.0 Å². The third-order valence-electron chi connectivity index (χ3n) is 8.87. The van der Waals surface area contributed by atoms with Gasteiger partial charge in [-0.3, -0.25) is 14.0 Å². The Bertz CT molecular complexity index is 1860. The molecule has 3 aliphatic rings. The van der Waals surface area contributed by atoms with Crippen LogP contribution >= 0.6 is 0 Å². The largest absolute Gasteiger partial charge is 0.454 e. The second-order valence-electron chi connectivity index (χ2n) is 11.7. The van der Waals surface area contributed by atoms with Crippen LogP contribution in [0.1, 0.15) is 12.8 Å². The van der Waals surface area contributed by atoms with E-state index in [9.17, 15) is 13.2 Å². The van der Waals surface area contributed by atoms with E-state index in [1.807, 2.05) is 4.90 Å². The zero-order valence-electron chi connectivity index (χ0n) is 24.2. The monoisotopic (exact) mass is 606 g/mol. The van der Waals surface area contributed by atoms with Gasteiger partial charge in [-0.1, -0.05) is 6.07 Å². The lowest BCUT2D eigenvalue weighted by Gasteiger charge is -2.48. The van der Waals surface area contributed by atoms with Crippen LogP contribution in [0.2, 0.25) is 0 Å². The van der Waals surface area contributed by atoms with Crippen molar-refractivity contribution < 1.29 is 17.5 Å². The number of aromatic nitrogens is 2.